The van der Waals surface area contributed by atoms with Crippen molar-refractivity contribution >= 4 is 11.9 Å². The van der Waals surface area contributed by atoms with Crippen molar-refractivity contribution in [3.63, 3.8) is 0 Å². The van der Waals surface area contributed by atoms with Crippen molar-refractivity contribution in [1.29, 1.82) is 0 Å². The van der Waals surface area contributed by atoms with E-state index in [9.17, 15) is 4.79 Å². The quantitative estimate of drug-likeness (QED) is 0.595. The highest BCUT2D eigenvalue weighted by molar-refractivity contribution is 5.66. The first-order chi connectivity index (χ1) is 16.5. The number of nitrogens with one attached hydrogen (secondary N) is 2. The van der Waals surface area contributed by atoms with Crippen molar-refractivity contribution in [1.82, 2.24) is 25.5 Å². The van der Waals surface area contributed by atoms with E-state index in [0.29, 0.717) is 31.3 Å². The van der Waals surface area contributed by atoms with E-state index in [0.717, 1.165) is 69.7 Å². The van der Waals surface area contributed by atoms with Crippen LogP contribution in [0.5, 0.6) is 6.01 Å². The molecule has 188 valence electrons. The number of anilines is 1. The molecule has 1 amide bonds. The maximum atomic E-state index is 11.6. The summed E-state index contributed by atoms with van der Waals surface area (Å²) in [5.74, 6) is 1.08. The second-order valence-corrected chi connectivity index (χ2v) is 10.4. The van der Waals surface area contributed by atoms with Crippen molar-refractivity contribution in [2.45, 2.75) is 88.9 Å². The first-order valence-corrected chi connectivity index (χ1v) is 13.2. The van der Waals surface area contributed by atoms with Gasteiger partial charge in [-0.15, -0.1) is 0 Å². The van der Waals surface area contributed by atoms with Crippen LogP contribution in [-0.2, 0) is 17.6 Å². The van der Waals surface area contributed by atoms with E-state index in [1.807, 2.05) is 0 Å². The molecule has 4 unspecified atom stereocenters. The molecule has 0 spiro atoms. The van der Waals surface area contributed by atoms with Gasteiger partial charge in [0.15, 0.2) is 0 Å². The van der Waals surface area contributed by atoms with Crippen LogP contribution in [0.25, 0.3) is 0 Å². The summed E-state index contributed by atoms with van der Waals surface area (Å²) in [6.45, 7) is 8.43. The molecule has 2 N–H and O–H groups in total. The first-order valence-electron chi connectivity index (χ1n) is 13.2. The van der Waals surface area contributed by atoms with Gasteiger partial charge in [0.25, 0.3) is 0 Å². The normalized spacial score (nSPS) is 30.4. The third-order valence-corrected chi connectivity index (χ3v) is 8.37. The fraction of sp³-hybridized carbons (Fsp3) is 0.800. The summed E-state index contributed by atoms with van der Waals surface area (Å²) in [6, 6.07) is 1.89. The number of ether oxygens (including phenoxy) is 2. The highest BCUT2D eigenvalue weighted by Crippen LogP contribution is 2.43. The van der Waals surface area contributed by atoms with Gasteiger partial charge in [-0.05, 0) is 57.9 Å². The molecule has 4 fully saturated rings. The van der Waals surface area contributed by atoms with Crippen LogP contribution in [0.3, 0.4) is 0 Å². The molecule has 4 saturated heterocycles. The summed E-state index contributed by atoms with van der Waals surface area (Å²) in [4.78, 5) is 26.4. The number of aromatic nitrogens is 2. The number of hydrogen-bond donors (Lipinski definition) is 2. The van der Waals surface area contributed by atoms with Gasteiger partial charge in [-0.1, -0.05) is 13.8 Å². The SMILES string of the molecule is CCc1nc(OCC23CCCN2C(COC(=O)NC)CC3)nc(N2CC3CCC(C2)N3)c1CC. The number of alkyl carbamates (subject to hydrolysis) is 1. The minimum Gasteiger partial charge on any atom is -0.461 e. The van der Waals surface area contributed by atoms with E-state index in [2.05, 4.69) is 34.3 Å². The van der Waals surface area contributed by atoms with Gasteiger partial charge in [-0.25, -0.2) is 4.79 Å². The summed E-state index contributed by atoms with van der Waals surface area (Å²) >= 11 is 0. The Hall–Kier alpha value is -2.13. The Balaban J connectivity index is 1.32. The molecule has 0 aliphatic carbocycles. The lowest BCUT2D eigenvalue weighted by Crippen LogP contribution is -2.51. The number of piperazine rings is 1. The number of carbonyl (C=O) groups excluding carboxylic acids is 1. The Labute approximate surface area is 203 Å². The molecule has 0 radical (unpaired) electrons. The number of carbonyl (C=O) groups is 1. The lowest BCUT2D eigenvalue weighted by molar-refractivity contribution is 0.0554. The third-order valence-electron chi connectivity index (χ3n) is 8.37. The van der Waals surface area contributed by atoms with Crippen LogP contribution in [0.2, 0.25) is 0 Å². The minimum absolute atomic E-state index is 0.00972. The monoisotopic (exact) mass is 472 g/mol. The van der Waals surface area contributed by atoms with Crippen LogP contribution >= 0.6 is 0 Å². The maximum absolute atomic E-state index is 11.6. The van der Waals surface area contributed by atoms with Gasteiger partial charge < -0.3 is 25.0 Å². The Bertz CT molecular complexity index is 886. The topological polar surface area (TPSA) is 91.9 Å². The summed E-state index contributed by atoms with van der Waals surface area (Å²) in [7, 11) is 1.60. The highest BCUT2D eigenvalue weighted by Gasteiger charge is 2.50. The van der Waals surface area contributed by atoms with Crippen LogP contribution < -0.4 is 20.3 Å². The molecule has 1 aromatic heterocycles. The number of hydrogen-bond acceptors (Lipinski definition) is 8. The number of fused-ring (bicyclic) bond motifs is 3. The van der Waals surface area contributed by atoms with E-state index in [1.165, 1.54) is 18.4 Å². The van der Waals surface area contributed by atoms with Crippen molar-refractivity contribution in [2.24, 2.45) is 0 Å². The molecule has 5 heterocycles. The molecule has 0 aromatic carbocycles. The van der Waals surface area contributed by atoms with Crippen LogP contribution in [0.4, 0.5) is 10.6 Å². The molecule has 2 bridgehead atoms. The van der Waals surface area contributed by atoms with E-state index in [1.54, 1.807) is 7.05 Å². The fourth-order valence-corrected chi connectivity index (χ4v) is 6.68. The van der Waals surface area contributed by atoms with Crippen molar-refractivity contribution in [3.05, 3.63) is 11.3 Å². The van der Waals surface area contributed by atoms with Gasteiger partial charge in [0, 0.05) is 43.8 Å². The lowest BCUT2D eigenvalue weighted by atomic mass is 9.95. The van der Waals surface area contributed by atoms with Gasteiger partial charge in [-0.3, -0.25) is 4.90 Å². The Morgan fingerprint density at radius 1 is 1.15 bits per heavy atom. The number of aryl methyl sites for hydroxylation is 1. The zero-order valence-corrected chi connectivity index (χ0v) is 20.9. The summed E-state index contributed by atoms with van der Waals surface area (Å²) < 4.78 is 11.8. The smallest absolute Gasteiger partial charge is 0.406 e. The first kappa shape index (κ1) is 23.6. The summed E-state index contributed by atoms with van der Waals surface area (Å²) in [5.41, 5.74) is 2.37. The van der Waals surface area contributed by atoms with Crippen molar-refractivity contribution in [2.75, 3.05) is 44.8 Å². The molecule has 9 nitrogen and oxygen atoms in total. The molecular formula is C25H40N6O3. The van der Waals surface area contributed by atoms with Crippen molar-refractivity contribution < 1.29 is 14.3 Å². The predicted molar refractivity (Wildman–Crippen MR) is 131 cm³/mol. The second kappa shape index (κ2) is 9.85. The molecular weight excluding hydrogens is 432 g/mol. The molecule has 9 heteroatoms. The zero-order chi connectivity index (χ0) is 23.7. The van der Waals surface area contributed by atoms with Gasteiger partial charge in [0.05, 0.1) is 11.2 Å². The molecule has 5 rings (SSSR count). The van der Waals surface area contributed by atoms with E-state index in [-0.39, 0.29) is 17.7 Å². The van der Waals surface area contributed by atoms with Crippen LogP contribution in [-0.4, -0.2) is 84.5 Å². The largest absolute Gasteiger partial charge is 0.461 e. The Morgan fingerprint density at radius 2 is 1.94 bits per heavy atom. The van der Waals surface area contributed by atoms with Crippen LogP contribution in [0, 0.1) is 0 Å². The Morgan fingerprint density at radius 3 is 2.65 bits per heavy atom. The molecule has 0 saturated carbocycles. The van der Waals surface area contributed by atoms with Crippen LogP contribution in [0.15, 0.2) is 0 Å². The molecule has 1 aromatic rings. The average molecular weight is 473 g/mol. The van der Waals surface area contributed by atoms with Gasteiger partial charge in [-0.2, -0.15) is 9.97 Å². The van der Waals surface area contributed by atoms with E-state index >= 15 is 0 Å². The zero-order valence-electron chi connectivity index (χ0n) is 20.9. The molecule has 4 aliphatic rings. The fourth-order valence-electron chi connectivity index (χ4n) is 6.68. The molecule has 4 aliphatic heterocycles. The maximum Gasteiger partial charge on any atom is 0.406 e. The number of rotatable bonds is 8. The number of amides is 1. The van der Waals surface area contributed by atoms with Gasteiger partial charge in [0.2, 0.25) is 0 Å². The van der Waals surface area contributed by atoms with Crippen molar-refractivity contribution in [3.8, 4) is 6.01 Å². The predicted octanol–water partition coefficient (Wildman–Crippen LogP) is 2.27. The van der Waals surface area contributed by atoms with Crippen LogP contribution in [0.1, 0.15) is 63.6 Å². The average Bonchev–Trinajstić information content (AvgIpc) is 3.53. The van der Waals surface area contributed by atoms with E-state index < -0.39 is 0 Å². The standard InChI is InChI=1S/C25H40N6O3/c1-4-20-21(5-2)28-23(29-22(20)30-13-17-7-8-18(14-30)27-17)34-16-25-10-6-12-31(25)19(9-11-25)15-33-24(32)26-3/h17-19,27H,4-16H2,1-3H3,(H,26,32). The third kappa shape index (κ3) is 4.44. The number of nitrogens with zero attached hydrogens (tertiary/aromatic N) is 4. The minimum atomic E-state index is -0.363. The molecule has 4 atom stereocenters. The summed E-state index contributed by atoms with van der Waals surface area (Å²) in [5, 5.41) is 6.26. The summed E-state index contributed by atoms with van der Waals surface area (Å²) in [6.07, 6.45) is 8.27. The second-order valence-electron chi connectivity index (χ2n) is 10.4. The van der Waals surface area contributed by atoms with Gasteiger partial charge in [0.1, 0.15) is 19.0 Å². The van der Waals surface area contributed by atoms with E-state index in [4.69, 9.17) is 19.4 Å². The lowest BCUT2D eigenvalue weighted by Gasteiger charge is -2.36. The molecule has 34 heavy (non-hydrogen) atoms. The highest BCUT2D eigenvalue weighted by atomic mass is 16.5. The Kier molecular flexibility index (Phi) is 6.84. The van der Waals surface area contributed by atoms with Gasteiger partial charge >= 0.3 is 12.1 Å².